The van der Waals surface area contributed by atoms with Crippen LogP contribution in [0.15, 0.2) is 24.3 Å². The molecular weight excluding hydrogens is 255 g/mol. The van der Waals surface area contributed by atoms with E-state index in [1.807, 2.05) is 6.92 Å². The summed E-state index contributed by atoms with van der Waals surface area (Å²) in [5, 5.41) is 2.97. The summed E-state index contributed by atoms with van der Waals surface area (Å²) >= 11 is 0. The maximum Gasteiger partial charge on any atom is 0.236 e. The predicted octanol–water partition coefficient (Wildman–Crippen LogP) is 1.59. The second kappa shape index (κ2) is 6.70. The normalized spacial score (nSPS) is 11.5. The topological polar surface area (TPSA) is 49.4 Å². The van der Waals surface area contributed by atoms with E-state index in [0.717, 1.165) is 6.54 Å². The van der Waals surface area contributed by atoms with Crippen molar-refractivity contribution in [3.8, 4) is 0 Å². The third kappa shape index (κ3) is 3.96. The van der Waals surface area contributed by atoms with E-state index < -0.39 is 15.8 Å². The molecule has 0 bridgehead atoms. The molecule has 1 N–H and O–H groups in total. The van der Waals surface area contributed by atoms with Crippen molar-refractivity contribution < 1.29 is 12.8 Å². The Labute approximate surface area is 108 Å². The number of hydrogen-bond acceptors (Lipinski definition) is 3. The maximum atomic E-state index is 13.1. The molecule has 0 amide bonds. The zero-order valence-electron chi connectivity index (χ0n) is 10.7. The minimum atomic E-state index is -3.41. The van der Waals surface area contributed by atoms with E-state index in [2.05, 4.69) is 5.32 Å². The van der Waals surface area contributed by atoms with Crippen LogP contribution in [0.2, 0.25) is 0 Å². The van der Waals surface area contributed by atoms with Crippen LogP contribution in [0.5, 0.6) is 0 Å². The van der Waals surface area contributed by atoms with Crippen LogP contribution in [0, 0.1) is 5.82 Å². The number of rotatable bonds is 7. The van der Waals surface area contributed by atoms with E-state index in [9.17, 15) is 12.8 Å². The zero-order chi connectivity index (χ0) is 13.6. The summed E-state index contributed by atoms with van der Waals surface area (Å²) in [6.07, 6.45) is 0. The highest BCUT2D eigenvalue weighted by atomic mass is 32.2. The van der Waals surface area contributed by atoms with Gasteiger partial charge in [0.15, 0.2) is 0 Å². The quantitative estimate of drug-likeness (QED) is 0.768. The fraction of sp³-hybridized carbons (Fsp3) is 0.500. The molecule has 0 aliphatic rings. The van der Waals surface area contributed by atoms with Crippen molar-refractivity contribution in [2.45, 2.75) is 13.8 Å². The van der Waals surface area contributed by atoms with Gasteiger partial charge in [-0.3, -0.25) is 4.31 Å². The standard InChI is InChI=1S/C12H19FN2O2S/c1-3-14-8-9-18(16,17)15(4-2)12-7-5-6-11(13)10-12/h5-7,10,14H,3-4,8-9H2,1-2H3. The van der Waals surface area contributed by atoms with Crippen molar-refractivity contribution in [3.63, 3.8) is 0 Å². The Balaban J connectivity index is 2.88. The van der Waals surface area contributed by atoms with Gasteiger partial charge in [-0.05, 0) is 31.7 Å². The molecule has 0 saturated carbocycles. The molecule has 18 heavy (non-hydrogen) atoms. The molecule has 0 atom stereocenters. The monoisotopic (exact) mass is 274 g/mol. The van der Waals surface area contributed by atoms with Gasteiger partial charge in [0, 0.05) is 13.1 Å². The van der Waals surface area contributed by atoms with Crippen LogP contribution in [-0.4, -0.2) is 33.8 Å². The maximum absolute atomic E-state index is 13.1. The van der Waals surface area contributed by atoms with Crippen LogP contribution >= 0.6 is 0 Å². The van der Waals surface area contributed by atoms with Crippen LogP contribution in [0.1, 0.15) is 13.8 Å². The highest BCUT2D eigenvalue weighted by molar-refractivity contribution is 7.92. The first-order chi connectivity index (χ1) is 8.51. The largest absolute Gasteiger partial charge is 0.316 e. The number of nitrogens with zero attached hydrogens (tertiary/aromatic N) is 1. The average Bonchev–Trinajstić information content (AvgIpc) is 2.29. The Morgan fingerprint density at radius 1 is 1.33 bits per heavy atom. The molecule has 1 aromatic carbocycles. The van der Waals surface area contributed by atoms with E-state index in [4.69, 9.17) is 0 Å². The van der Waals surface area contributed by atoms with Crippen molar-refractivity contribution in [1.29, 1.82) is 0 Å². The molecule has 0 heterocycles. The van der Waals surface area contributed by atoms with Crippen LogP contribution in [0.3, 0.4) is 0 Å². The first kappa shape index (κ1) is 14.9. The Hall–Kier alpha value is -1.14. The molecule has 1 rings (SSSR count). The lowest BCUT2D eigenvalue weighted by Crippen LogP contribution is -2.36. The summed E-state index contributed by atoms with van der Waals surface area (Å²) in [5.41, 5.74) is 0.369. The summed E-state index contributed by atoms with van der Waals surface area (Å²) < 4.78 is 38.6. The summed E-state index contributed by atoms with van der Waals surface area (Å²) in [6, 6.07) is 5.63. The number of hydrogen-bond donors (Lipinski definition) is 1. The average molecular weight is 274 g/mol. The molecule has 0 aliphatic heterocycles. The van der Waals surface area contributed by atoms with Gasteiger partial charge in [-0.25, -0.2) is 12.8 Å². The zero-order valence-corrected chi connectivity index (χ0v) is 11.5. The Kier molecular flexibility index (Phi) is 5.55. The molecule has 6 heteroatoms. The van der Waals surface area contributed by atoms with Crippen molar-refractivity contribution >= 4 is 15.7 Å². The van der Waals surface area contributed by atoms with E-state index in [0.29, 0.717) is 12.2 Å². The van der Waals surface area contributed by atoms with Gasteiger partial charge in [0.05, 0.1) is 11.4 Å². The molecule has 0 aromatic heterocycles. The van der Waals surface area contributed by atoms with Crippen LogP contribution in [-0.2, 0) is 10.0 Å². The number of halogens is 1. The smallest absolute Gasteiger partial charge is 0.236 e. The summed E-state index contributed by atoms with van der Waals surface area (Å²) in [5.74, 6) is -0.432. The van der Waals surface area contributed by atoms with Gasteiger partial charge < -0.3 is 5.32 Å². The fourth-order valence-corrected chi connectivity index (χ4v) is 3.11. The fourth-order valence-electron chi connectivity index (χ4n) is 1.66. The first-order valence-corrected chi connectivity index (χ1v) is 7.59. The second-order valence-electron chi connectivity index (χ2n) is 3.81. The van der Waals surface area contributed by atoms with Gasteiger partial charge in [0.2, 0.25) is 10.0 Å². The van der Waals surface area contributed by atoms with Crippen molar-refractivity contribution in [1.82, 2.24) is 5.32 Å². The molecule has 0 spiro atoms. The van der Waals surface area contributed by atoms with E-state index in [-0.39, 0.29) is 12.3 Å². The van der Waals surface area contributed by atoms with Crippen molar-refractivity contribution in [2.24, 2.45) is 0 Å². The van der Waals surface area contributed by atoms with Gasteiger partial charge in [-0.1, -0.05) is 13.0 Å². The van der Waals surface area contributed by atoms with Crippen LogP contribution in [0.4, 0.5) is 10.1 Å². The lowest BCUT2D eigenvalue weighted by molar-refractivity contribution is 0.587. The van der Waals surface area contributed by atoms with Crippen molar-refractivity contribution in [3.05, 3.63) is 30.1 Å². The first-order valence-electron chi connectivity index (χ1n) is 5.98. The second-order valence-corrected chi connectivity index (χ2v) is 5.83. The van der Waals surface area contributed by atoms with E-state index in [1.165, 1.54) is 22.5 Å². The van der Waals surface area contributed by atoms with Crippen LogP contribution in [0.25, 0.3) is 0 Å². The Bertz CT molecular complexity index is 477. The Morgan fingerprint density at radius 2 is 2.06 bits per heavy atom. The van der Waals surface area contributed by atoms with Gasteiger partial charge >= 0.3 is 0 Å². The molecule has 0 fully saturated rings. The minimum absolute atomic E-state index is 0.00515. The van der Waals surface area contributed by atoms with Crippen molar-refractivity contribution in [2.75, 3.05) is 29.7 Å². The highest BCUT2D eigenvalue weighted by Crippen LogP contribution is 2.18. The summed E-state index contributed by atoms with van der Waals surface area (Å²) in [7, 11) is -3.41. The molecule has 102 valence electrons. The van der Waals surface area contributed by atoms with E-state index in [1.54, 1.807) is 13.0 Å². The number of sulfonamides is 1. The number of anilines is 1. The van der Waals surface area contributed by atoms with Gasteiger partial charge in [-0.2, -0.15) is 0 Å². The minimum Gasteiger partial charge on any atom is -0.316 e. The van der Waals surface area contributed by atoms with Gasteiger partial charge in [0.1, 0.15) is 5.82 Å². The van der Waals surface area contributed by atoms with Crippen LogP contribution < -0.4 is 9.62 Å². The van der Waals surface area contributed by atoms with E-state index >= 15 is 0 Å². The molecular formula is C12H19FN2O2S. The molecule has 0 unspecified atom stereocenters. The molecule has 4 nitrogen and oxygen atoms in total. The summed E-state index contributed by atoms with van der Waals surface area (Å²) in [6.45, 7) is 5.05. The third-order valence-corrected chi connectivity index (χ3v) is 4.37. The Morgan fingerprint density at radius 3 is 2.61 bits per heavy atom. The highest BCUT2D eigenvalue weighted by Gasteiger charge is 2.20. The van der Waals surface area contributed by atoms with Gasteiger partial charge in [-0.15, -0.1) is 0 Å². The molecule has 0 aliphatic carbocycles. The number of nitrogens with one attached hydrogen (secondary N) is 1. The lowest BCUT2D eigenvalue weighted by atomic mass is 10.3. The predicted molar refractivity (Wildman–Crippen MR) is 71.8 cm³/mol. The number of benzene rings is 1. The molecule has 0 radical (unpaired) electrons. The third-order valence-electron chi connectivity index (χ3n) is 2.51. The molecule has 0 saturated heterocycles. The summed E-state index contributed by atoms with van der Waals surface area (Å²) in [4.78, 5) is 0. The SMILES string of the molecule is CCNCCS(=O)(=O)N(CC)c1cccc(F)c1. The molecule has 1 aromatic rings. The lowest BCUT2D eigenvalue weighted by Gasteiger charge is -2.22. The van der Waals surface area contributed by atoms with Gasteiger partial charge in [0.25, 0.3) is 0 Å².